The van der Waals surface area contributed by atoms with Crippen molar-refractivity contribution >= 4 is 0 Å². The summed E-state index contributed by atoms with van der Waals surface area (Å²) in [4.78, 5) is 2.38. The molecule has 1 heteroatoms. The monoisotopic (exact) mass is 217 g/mol. The standard InChI is InChI=1S/C15H23N/c1-14(2)11-15(3,16(4)5)10-12-8-6-7-9-13(12)14/h6-9H,10-11H2,1-5H3. The number of benzene rings is 1. The van der Waals surface area contributed by atoms with Crippen LogP contribution in [-0.2, 0) is 11.8 Å². The average molecular weight is 217 g/mol. The molecule has 1 unspecified atom stereocenters. The number of hydrogen-bond donors (Lipinski definition) is 0. The van der Waals surface area contributed by atoms with Crippen molar-refractivity contribution < 1.29 is 0 Å². The van der Waals surface area contributed by atoms with Gasteiger partial charge in [-0.1, -0.05) is 38.1 Å². The van der Waals surface area contributed by atoms with Crippen LogP contribution in [0.3, 0.4) is 0 Å². The van der Waals surface area contributed by atoms with Crippen molar-refractivity contribution in [1.82, 2.24) is 4.90 Å². The van der Waals surface area contributed by atoms with Gasteiger partial charge in [0, 0.05) is 5.54 Å². The van der Waals surface area contributed by atoms with E-state index in [0.29, 0.717) is 0 Å². The van der Waals surface area contributed by atoms with Gasteiger partial charge < -0.3 is 4.90 Å². The number of rotatable bonds is 1. The van der Waals surface area contributed by atoms with Crippen LogP contribution >= 0.6 is 0 Å². The third kappa shape index (κ3) is 1.78. The molecule has 0 aromatic heterocycles. The second kappa shape index (κ2) is 3.59. The Kier molecular flexibility index (Phi) is 2.62. The van der Waals surface area contributed by atoms with Gasteiger partial charge in [0.2, 0.25) is 0 Å². The molecule has 0 spiro atoms. The lowest BCUT2D eigenvalue weighted by Crippen LogP contribution is -2.50. The van der Waals surface area contributed by atoms with Crippen molar-refractivity contribution in [1.29, 1.82) is 0 Å². The van der Waals surface area contributed by atoms with E-state index in [4.69, 9.17) is 0 Å². The van der Waals surface area contributed by atoms with Crippen molar-refractivity contribution in [2.45, 2.75) is 44.6 Å². The lowest BCUT2D eigenvalue weighted by Gasteiger charge is -2.47. The summed E-state index contributed by atoms with van der Waals surface area (Å²) < 4.78 is 0. The van der Waals surface area contributed by atoms with Crippen LogP contribution in [0.5, 0.6) is 0 Å². The molecule has 2 rings (SSSR count). The molecule has 1 aliphatic rings. The van der Waals surface area contributed by atoms with Crippen molar-refractivity contribution in [2.75, 3.05) is 14.1 Å². The molecule has 0 aliphatic heterocycles. The quantitative estimate of drug-likeness (QED) is 0.698. The van der Waals surface area contributed by atoms with E-state index in [2.05, 4.69) is 64.0 Å². The average Bonchev–Trinajstić information content (AvgIpc) is 2.16. The summed E-state index contributed by atoms with van der Waals surface area (Å²) >= 11 is 0. The number of fused-ring (bicyclic) bond motifs is 1. The normalized spacial score (nSPS) is 27.9. The van der Waals surface area contributed by atoms with Gasteiger partial charge in [0.25, 0.3) is 0 Å². The van der Waals surface area contributed by atoms with Crippen molar-refractivity contribution in [3.63, 3.8) is 0 Å². The second-order valence-corrected chi connectivity index (χ2v) is 6.29. The maximum atomic E-state index is 2.38. The molecule has 16 heavy (non-hydrogen) atoms. The van der Waals surface area contributed by atoms with Crippen LogP contribution < -0.4 is 0 Å². The topological polar surface area (TPSA) is 3.24 Å². The van der Waals surface area contributed by atoms with E-state index in [9.17, 15) is 0 Å². The molecule has 1 atom stereocenters. The fourth-order valence-corrected chi connectivity index (χ4v) is 3.17. The highest BCUT2D eigenvalue weighted by atomic mass is 15.1. The summed E-state index contributed by atoms with van der Waals surface area (Å²) in [7, 11) is 4.40. The van der Waals surface area contributed by atoms with Gasteiger partial charge in [-0.2, -0.15) is 0 Å². The Hall–Kier alpha value is -0.820. The Morgan fingerprint density at radius 3 is 2.31 bits per heavy atom. The summed E-state index contributed by atoms with van der Waals surface area (Å²) in [5.74, 6) is 0. The molecule has 0 fully saturated rings. The van der Waals surface area contributed by atoms with E-state index in [1.807, 2.05) is 0 Å². The summed E-state index contributed by atoms with van der Waals surface area (Å²) in [6.07, 6.45) is 2.39. The Balaban J connectivity index is 2.48. The van der Waals surface area contributed by atoms with Gasteiger partial charge in [-0.3, -0.25) is 0 Å². The third-order valence-electron chi connectivity index (χ3n) is 4.22. The highest BCUT2D eigenvalue weighted by Crippen LogP contribution is 2.42. The smallest absolute Gasteiger partial charge is 0.0224 e. The van der Waals surface area contributed by atoms with Gasteiger partial charge >= 0.3 is 0 Å². The van der Waals surface area contributed by atoms with E-state index >= 15 is 0 Å². The first-order chi connectivity index (χ1) is 7.35. The predicted molar refractivity (Wildman–Crippen MR) is 69.9 cm³/mol. The second-order valence-electron chi connectivity index (χ2n) is 6.29. The first kappa shape index (κ1) is 11.7. The molecule has 0 amide bonds. The van der Waals surface area contributed by atoms with Crippen LogP contribution in [-0.4, -0.2) is 24.5 Å². The van der Waals surface area contributed by atoms with Gasteiger partial charge in [0.15, 0.2) is 0 Å². The van der Waals surface area contributed by atoms with Crippen LogP contribution in [0, 0.1) is 0 Å². The molecule has 1 aromatic carbocycles. The van der Waals surface area contributed by atoms with E-state index in [0.717, 1.165) is 0 Å². The lowest BCUT2D eigenvalue weighted by molar-refractivity contribution is 0.118. The fraction of sp³-hybridized carbons (Fsp3) is 0.600. The van der Waals surface area contributed by atoms with Crippen molar-refractivity contribution in [3.05, 3.63) is 35.4 Å². The zero-order valence-electron chi connectivity index (χ0n) is 11.2. The van der Waals surface area contributed by atoms with Crippen LogP contribution in [0.15, 0.2) is 24.3 Å². The SMILES string of the molecule is CN(C)C1(C)Cc2ccccc2C(C)(C)C1. The largest absolute Gasteiger partial charge is 0.304 e. The van der Waals surface area contributed by atoms with Crippen LogP contribution in [0.25, 0.3) is 0 Å². The Morgan fingerprint density at radius 1 is 1.06 bits per heavy atom. The minimum atomic E-state index is 0.286. The molecule has 88 valence electrons. The molecule has 0 radical (unpaired) electrons. The highest BCUT2D eigenvalue weighted by Gasteiger charge is 2.40. The zero-order valence-corrected chi connectivity index (χ0v) is 11.2. The summed E-state index contributed by atoms with van der Waals surface area (Å²) in [6, 6.07) is 8.91. The van der Waals surface area contributed by atoms with Crippen LogP contribution in [0.4, 0.5) is 0 Å². The van der Waals surface area contributed by atoms with Gasteiger partial charge in [-0.05, 0) is 50.4 Å². The molecule has 0 saturated carbocycles. The first-order valence-corrected chi connectivity index (χ1v) is 6.11. The third-order valence-corrected chi connectivity index (χ3v) is 4.22. The maximum Gasteiger partial charge on any atom is 0.0224 e. The number of likely N-dealkylation sites (N-methyl/N-ethyl adjacent to an activating group) is 1. The molecule has 1 aromatic rings. The zero-order chi connectivity index (χ0) is 12.0. The van der Waals surface area contributed by atoms with Crippen molar-refractivity contribution in [3.8, 4) is 0 Å². The minimum absolute atomic E-state index is 0.286. The van der Waals surface area contributed by atoms with E-state index in [-0.39, 0.29) is 11.0 Å². The molecule has 1 aliphatic carbocycles. The Bertz CT molecular complexity index is 392. The molecule has 1 nitrogen and oxygen atoms in total. The minimum Gasteiger partial charge on any atom is -0.304 e. The van der Waals surface area contributed by atoms with E-state index in [1.165, 1.54) is 24.0 Å². The molecule has 0 N–H and O–H groups in total. The maximum absolute atomic E-state index is 2.38. The predicted octanol–water partition coefficient (Wildman–Crippen LogP) is 3.23. The van der Waals surface area contributed by atoms with Crippen LogP contribution in [0.1, 0.15) is 38.3 Å². The van der Waals surface area contributed by atoms with Crippen molar-refractivity contribution in [2.24, 2.45) is 0 Å². The van der Waals surface area contributed by atoms with Gasteiger partial charge in [-0.15, -0.1) is 0 Å². The fourth-order valence-electron chi connectivity index (χ4n) is 3.17. The molecular weight excluding hydrogens is 194 g/mol. The summed E-state index contributed by atoms with van der Waals surface area (Å²) in [5, 5.41) is 0. The highest BCUT2D eigenvalue weighted by molar-refractivity contribution is 5.38. The number of hydrogen-bond acceptors (Lipinski definition) is 1. The summed E-state index contributed by atoms with van der Waals surface area (Å²) in [5.41, 5.74) is 3.63. The molecule has 0 heterocycles. The van der Waals surface area contributed by atoms with E-state index < -0.39 is 0 Å². The molecular formula is C15H23N. The Labute approximate surface area is 99.5 Å². The Morgan fingerprint density at radius 2 is 1.69 bits per heavy atom. The lowest BCUT2D eigenvalue weighted by atomic mass is 9.65. The van der Waals surface area contributed by atoms with Gasteiger partial charge in [0.05, 0.1) is 0 Å². The van der Waals surface area contributed by atoms with Crippen LogP contribution in [0.2, 0.25) is 0 Å². The molecule has 0 bridgehead atoms. The number of nitrogens with zero attached hydrogens (tertiary/aromatic N) is 1. The van der Waals surface area contributed by atoms with Gasteiger partial charge in [0.1, 0.15) is 0 Å². The summed E-state index contributed by atoms with van der Waals surface area (Å²) in [6.45, 7) is 7.12. The van der Waals surface area contributed by atoms with Gasteiger partial charge in [-0.25, -0.2) is 0 Å². The van der Waals surface area contributed by atoms with E-state index in [1.54, 1.807) is 0 Å². The first-order valence-electron chi connectivity index (χ1n) is 6.11. The molecule has 0 saturated heterocycles.